The van der Waals surface area contributed by atoms with Gasteiger partial charge in [-0.1, -0.05) is 60.7 Å². The van der Waals surface area contributed by atoms with Gasteiger partial charge in [0.05, 0.1) is 0 Å². The monoisotopic (exact) mass is 432 g/mol. The van der Waals surface area contributed by atoms with Gasteiger partial charge in [0.1, 0.15) is 23.3 Å². The van der Waals surface area contributed by atoms with Crippen molar-refractivity contribution in [1.29, 1.82) is 5.26 Å². The number of nitriles is 1. The minimum absolute atomic E-state index is 0.222. The van der Waals surface area contributed by atoms with Crippen molar-refractivity contribution in [3.63, 3.8) is 0 Å². The van der Waals surface area contributed by atoms with E-state index in [2.05, 4.69) is 21.8 Å². The van der Waals surface area contributed by atoms with Crippen LogP contribution in [-0.4, -0.2) is 9.55 Å². The molecule has 0 aliphatic heterocycles. The van der Waals surface area contributed by atoms with Crippen LogP contribution in [0.1, 0.15) is 16.8 Å². The first-order valence-electron chi connectivity index (χ1n) is 10.6. The van der Waals surface area contributed by atoms with Crippen LogP contribution in [0.4, 0.5) is 10.2 Å². The molecule has 0 aliphatic carbocycles. The Labute approximate surface area is 191 Å². The zero-order valence-corrected chi connectivity index (χ0v) is 18.1. The second kappa shape index (κ2) is 8.25. The van der Waals surface area contributed by atoms with Gasteiger partial charge >= 0.3 is 0 Å². The molecule has 0 fully saturated rings. The molecule has 2 heterocycles. The summed E-state index contributed by atoms with van der Waals surface area (Å²) in [6.07, 6.45) is 2.05. The third-order valence-corrected chi connectivity index (χ3v) is 5.90. The Morgan fingerprint density at radius 2 is 1.64 bits per heavy atom. The SMILES string of the molecule is Cc1nc(N)c(C#N)c(-c2cn(Cc3ccc(F)cc3)c3ccccc23)c1-c1ccccc1. The number of anilines is 1. The van der Waals surface area contributed by atoms with Crippen LogP contribution < -0.4 is 5.73 Å². The van der Waals surface area contributed by atoms with Gasteiger partial charge in [-0.3, -0.25) is 0 Å². The first-order valence-corrected chi connectivity index (χ1v) is 10.6. The van der Waals surface area contributed by atoms with Gasteiger partial charge in [-0.05, 0) is 36.2 Å². The molecule has 5 rings (SSSR count). The normalized spacial score (nSPS) is 10.9. The zero-order valence-electron chi connectivity index (χ0n) is 18.1. The molecule has 4 nitrogen and oxygen atoms in total. The molecule has 0 saturated heterocycles. The molecule has 160 valence electrons. The van der Waals surface area contributed by atoms with Crippen LogP contribution in [0.3, 0.4) is 0 Å². The quantitative estimate of drug-likeness (QED) is 0.361. The number of nitrogen functional groups attached to an aromatic ring is 1. The van der Waals surface area contributed by atoms with Crippen LogP contribution in [-0.2, 0) is 6.54 Å². The smallest absolute Gasteiger partial charge is 0.142 e. The summed E-state index contributed by atoms with van der Waals surface area (Å²) >= 11 is 0. The molecule has 0 saturated carbocycles. The number of aryl methyl sites for hydroxylation is 1. The van der Waals surface area contributed by atoms with Crippen LogP contribution in [0.15, 0.2) is 85.1 Å². The minimum atomic E-state index is -0.259. The van der Waals surface area contributed by atoms with Crippen molar-refractivity contribution >= 4 is 16.7 Å². The number of halogens is 1. The highest BCUT2D eigenvalue weighted by atomic mass is 19.1. The summed E-state index contributed by atoms with van der Waals surface area (Å²) < 4.78 is 15.5. The summed E-state index contributed by atoms with van der Waals surface area (Å²) in [5.41, 5.74) is 12.9. The first-order chi connectivity index (χ1) is 16.1. The number of benzene rings is 3. The number of nitrogens with zero attached hydrogens (tertiary/aromatic N) is 3. The number of hydrogen-bond donors (Lipinski definition) is 1. The van der Waals surface area contributed by atoms with Crippen molar-refractivity contribution in [3.8, 4) is 28.3 Å². The first kappa shape index (κ1) is 20.5. The van der Waals surface area contributed by atoms with Gasteiger partial charge in [-0.25, -0.2) is 9.37 Å². The van der Waals surface area contributed by atoms with E-state index < -0.39 is 0 Å². The largest absolute Gasteiger partial charge is 0.383 e. The Morgan fingerprint density at radius 1 is 0.939 bits per heavy atom. The van der Waals surface area contributed by atoms with Crippen LogP contribution in [0.2, 0.25) is 0 Å². The number of nitrogens with two attached hydrogens (primary N) is 1. The standard InChI is InChI=1S/C28H21FN4/c1-18-26(20-7-3-2-4-8-20)27(23(15-30)28(31)32-18)24-17-33(25-10-6-5-9-22(24)25)16-19-11-13-21(29)14-12-19/h2-14,17H,16H2,1H3,(H2,31,32). The van der Waals surface area contributed by atoms with Crippen molar-refractivity contribution in [2.24, 2.45) is 0 Å². The number of pyridine rings is 1. The zero-order chi connectivity index (χ0) is 22.9. The fourth-order valence-electron chi connectivity index (χ4n) is 4.43. The summed E-state index contributed by atoms with van der Waals surface area (Å²) in [5.74, 6) is -0.0363. The van der Waals surface area contributed by atoms with Gasteiger partial charge in [0, 0.05) is 46.0 Å². The Kier molecular flexibility index (Phi) is 5.12. The lowest BCUT2D eigenvalue weighted by atomic mass is 9.90. The van der Waals surface area contributed by atoms with Crippen molar-refractivity contribution < 1.29 is 4.39 Å². The second-order valence-corrected chi connectivity index (χ2v) is 8.00. The number of rotatable bonds is 4. The topological polar surface area (TPSA) is 67.6 Å². The molecule has 33 heavy (non-hydrogen) atoms. The Bertz CT molecular complexity index is 1510. The molecule has 0 amide bonds. The Morgan fingerprint density at radius 3 is 2.36 bits per heavy atom. The summed E-state index contributed by atoms with van der Waals surface area (Å²) in [7, 11) is 0. The van der Waals surface area contributed by atoms with Gasteiger partial charge in [0.2, 0.25) is 0 Å². The van der Waals surface area contributed by atoms with E-state index in [1.165, 1.54) is 12.1 Å². The molecule has 0 radical (unpaired) electrons. The maximum absolute atomic E-state index is 13.4. The van der Waals surface area contributed by atoms with E-state index in [1.807, 2.05) is 61.5 Å². The summed E-state index contributed by atoms with van der Waals surface area (Å²) in [6.45, 7) is 2.49. The number of fused-ring (bicyclic) bond motifs is 1. The van der Waals surface area contributed by atoms with E-state index in [0.29, 0.717) is 12.1 Å². The van der Waals surface area contributed by atoms with E-state index >= 15 is 0 Å². The van der Waals surface area contributed by atoms with Gasteiger partial charge in [0.15, 0.2) is 0 Å². The number of aromatic nitrogens is 2. The third kappa shape index (κ3) is 3.62. The lowest BCUT2D eigenvalue weighted by Crippen LogP contribution is -2.03. The molecule has 2 aromatic heterocycles. The van der Waals surface area contributed by atoms with Crippen molar-refractivity contribution in [2.75, 3.05) is 5.73 Å². The lowest BCUT2D eigenvalue weighted by molar-refractivity contribution is 0.626. The highest BCUT2D eigenvalue weighted by Gasteiger charge is 2.22. The van der Waals surface area contributed by atoms with Gasteiger partial charge in [0.25, 0.3) is 0 Å². The maximum Gasteiger partial charge on any atom is 0.142 e. The highest BCUT2D eigenvalue weighted by Crippen LogP contribution is 2.42. The molecule has 0 bridgehead atoms. The van der Waals surface area contributed by atoms with Crippen molar-refractivity contribution in [1.82, 2.24) is 9.55 Å². The average Bonchev–Trinajstić information content (AvgIpc) is 3.19. The van der Waals surface area contributed by atoms with Crippen LogP contribution in [0.5, 0.6) is 0 Å². The van der Waals surface area contributed by atoms with Gasteiger partial charge in [-0.2, -0.15) is 5.26 Å². The molecular formula is C28H21FN4. The second-order valence-electron chi connectivity index (χ2n) is 8.00. The molecule has 0 aliphatic rings. The van der Waals surface area contributed by atoms with E-state index in [0.717, 1.165) is 44.4 Å². The average molecular weight is 433 g/mol. The predicted octanol–water partition coefficient (Wildman–Crippen LogP) is 6.32. The molecule has 2 N–H and O–H groups in total. The van der Waals surface area contributed by atoms with Gasteiger partial charge in [-0.15, -0.1) is 0 Å². The third-order valence-electron chi connectivity index (χ3n) is 5.90. The summed E-state index contributed by atoms with van der Waals surface area (Å²) in [5, 5.41) is 11.1. The fraction of sp³-hybridized carbons (Fsp3) is 0.0714. The van der Waals surface area contributed by atoms with E-state index in [9.17, 15) is 9.65 Å². The molecule has 0 unspecified atom stereocenters. The molecule has 0 atom stereocenters. The summed E-state index contributed by atoms with van der Waals surface area (Å²) in [4.78, 5) is 4.48. The Hall–Kier alpha value is -4.43. The van der Waals surface area contributed by atoms with Crippen molar-refractivity contribution in [2.45, 2.75) is 13.5 Å². The number of para-hydroxylation sites is 1. The number of hydrogen-bond acceptors (Lipinski definition) is 3. The van der Waals surface area contributed by atoms with Crippen LogP contribution >= 0.6 is 0 Å². The predicted molar refractivity (Wildman–Crippen MR) is 130 cm³/mol. The molecular weight excluding hydrogens is 411 g/mol. The lowest BCUT2D eigenvalue weighted by Gasteiger charge is -2.15. The maximum atomic E-state index is 13.4. The molecule has 0 spiro atoms. The van der Waals surface area contributed by atoms with E-state index in [4.69, 9.17) is 5.73 Å². The van der Waals surface area contributed by atoms with Gasteiger partial charge < -0.3 is 10.3 Å². The molecule has 5 heteroatoms. The summed E-state index contributed by atoms with van der Waals surface area (Å²) in [6, 6.07) is 26.8. The van der Waals surface area contributed by atoms with Crippen LogP contribution in [0, 0.1) is 24.1 Å². The van der Waals surface area contributed by atoms with E-state index in [1.54, 1.807) is 12.1 Å². The van der Waals surface area contributed by atoms with E-state index in [-0.39, 0.29) is 11.6 Å². The molecule has 5 aromatic rings. The molecule has 3 aromatic carbocycles. The van der Waals surface area contributed by atoms with Crippen LogP contribution in [0.25, 0.3) is 33.2 Å². The minimum Gasteiger partial charge on any atom is -0.383 e. The fourth-order valence-corrected chi connectivity index (χ4v) is 4.43. The Balaban J connectivity index is 1.80. The highest BCUT2D eigenvalue weighted by molar-refractivity contribution is 6.03. The van der Waals surface area contributed by atoms with Crippen molar-refractivity contribution in [3.05, 3.63) is 108 Å².